The van der Waals surface area contributed by atoms with Crippen LogP contribution in [0.3, 0.4) is 0 Å². The van der Waals surface area contributed by atoms with E-state index in [1.54, 1.807) is 0 Å². The van der Waals surface area contributed by atoms with Crippen molar-refractivity contribution in [3.8, 4) is 11.5 Å². The second kappa shape index (κ2) is 4.30. The highest BCUT2D eigenvalue weighted by Gasteiger charge is 2.34. The number of fused-ring (bicyclic) bond motifs is 2. The summed E-state index contributed by atoms with van der Waals surface area (Å²) in [6.45, 7) is 6.27. The highest BCUT2D eigenvalue weighted by Crippen LogP contribution is 2.37. The quantitative estimate of drug-likeness (QED) is 0.772. The van der Waals surface area contributed by atoms with Crippen molar-refractivity contribution < 1.29 is 9.47 Å². The van der Waals surface area contributed by atoms with E-state index in [4.69, 9.17) is 9.47 Å². The van der Waals surface area contributed by atoms with Crippen LogP contribution in [0.2, 0.25) is 0 Å². The van der Waals surface area contributed by atoms with Gasteiger partial charge < -0.3 is 14.4 Å². The summed E-state index contributed by atoms with van der Waals surface area (Å²) >= 11 is 0. The molecule has 1 aromatic rings. The van der Waals surface area contributed by atoms with Crippen LogP contribution >= 0.6 is 0 Å². The molecule has 0 spiro atoms. The summed E-state index contributed by atoms with van der Waals surface area (Å²) in [4.78, 5) is 5.17. The molecule has 0 N–H and O–H groups in total. The zero-order chi connectivity index (χ0) is 12.8. The van der Waals surface area contributed by atoms with E-state index in [2.05, 4.69) is 28.9 Å². The highest BCUT2D eigenvalue weighted by atomic mass is 16.7. The molecule has 1 aromatic carbocycles. The molecule has 2 atom stereocenters. The van der Waals surface area contributed by atoms with Crippen LogP contribution in [0.5, 0.6) is 11.5 Å². The largest absolute Gasteiger partial charge is 0.454 e. The van der Waals surface area contributed by atoms with Gasteiger partial charge in [-0.3, -0.25) is 4.90 Å². The standard InChI is InChI=1S/C15H20N2O2/c1-11-8-16-6-2-3-13(16)9-17(11)12-4-5-14-15(7-12)19-10-18-14/h4-5,7,11,13H,2-3,6,8-10H2,1H3. The van der Waals surface area contributed by atoms with Gasteiger partial charge in [0.1, 0.15) is 0 Å². The van der Waals surface area contributed by atoms with Crippen molar-refractivity contribution in [2.24, 2.45) is 0 Å². The molecule has 0 aromatic heterocycles. The lowest BCUT2D eigenvalue weighted by atomic mass is 10.1. The van der Waals surface area contributed by atoms with E-state index >= 15 is 0 Å². The van der Waals surface area contributed by atoms with Gasteiger partial charge in [-0.2, -0.15) is 0 Å². The molecule has 102 valence electrons. The summed E-state index contributed by atoms with van der Waals surface area (Å²) in [5, 5.41) is 0. The number of nitrogens with zero attached hydrogens (tertiary/aromatic N) is 2. The van der Waals surface area contributed by atoms with Crippen molar-refractivity contribution in [1.29, 1.82) is 0 Å². The van der Waals surface area contributed by atoms with Gasteiger partial charge in [0.25, 0.3) is 0 Å². The van der Waals surface area contributed by atoms with Crippen LogP contribution in [0.4, 0.5) is 5.69 Å². The Kier molecular flexibility index (Phi) is 2.58. The van der Waals surface area contributed by atoms with Crippen molar-refractivity contribution in [3.05, 3.63) is 18.2 Å². The number of hydrogen-bond donors (Lipinski definition) is 0. The maximum Gasteiger partial charge on any atom is 0.231 e. The minimum Gasteiger partial charge on any atom is -0.454 e. The Morgan fingerprint density at radius 1 is 1.16 bits per heavy atom. The Bertz CT molecular complexity index is 491. The molecule has 2 fully saturated rings. The number of benzene rings is 1. The summed E-state index contributed by atoms with van der Waals surface area (Å²) < 4.78 is 10.9. The normalized spacial score (nSPS) is 29.6. The van der Waals surface area contributed by atoms with Crippen molar-refractivity contribution in [2.45, 2.75) is 31.8 Å². The van der Waals surface area contributed by atoms with Crippen LogP contribution < -0.4 is 14.4 Å². The van der Waals surface area contributed by atoms with E-state index < -0.39 is 0 Å². The zero-order valence-electron chi connectivity index (χ0n) is 11.3. The Balaban J connectivity index is 1.61. The van der Waals surface area contributed by atoms with Crippen molar-refractivity contribution in [2.75, 3.05) is 31.3 Å². The van der Waals surface area contributed by atoms with E-state index in [0.717, 1.165) is 24.1 Å². The predicted molar refractivity (Wildman–Crippen MR) is 74.0 cm³/mol. The highest BCUT2D eigenvalue weighted by molar-refractivity contribution is 5.58. The molecule has 0 aliphatic carbocycles. The average Bonchev–Trinajstić information content (AvgIpc) is 3.04. The molecule has 4 heteroatoms. The molecule has 0 saturated carbocycles. The molecule has 4 rings (SSSR count). The zero-order valence-corrected chi connectivity index (χ0v) is 11.3. The number of ether oxygens (including phenoxy) is 2. The Morgan fingerprint density at radius 3 is 3.00 bits per heavy atom. The van der Waals surface area contributed by atoms with Crippen LogP contribution in [-0.2, 0) is 0 Å². The first-order valence-electron chi connectivity index (χ1n) is 7.21. The Hall–Kier alpha value is -1.42. The predicted octanol–water partition coefficient (Wildman–Crippen LogP) is 2.09. The Morgan fingerprint density at radius 2 is 2.05 bits per heavy atom. The van der Waals surface area contributed by atoms with E-state index in [0.29, 0.717) is 12.8 Å². The summed E-state index contributed by atoms with van der Waals surface area (Å²) in [5.74, 6) is 1.76. The fourth-order valence-corrected chi connectivity index (χ4v) is 3.61. The van der Waals surface area contributed by atoms with E-state index in [1.807, 2.05) is 6.07 Å². The fourth-order valence-electron chi connectivity index (χ4n) is 3.61. The molecule has 2 saturated heterocycles. The van der Waals surface area contributed by atoms with Gasteiger partial charge in [-0.25, -0.2) is 0 Å². The summed E-state index contributed by atoms with van der Waals surface area (Å²) in [6, 6.07) is 7.63. The van der Waals surface area contributed by atoms with Crippen LogP contribution in [-0.4, -0.2) is 43.4 Å². The molecule has 3 aliphatic rings. The third-order valence-electron chi connectivity index (χ3n) is 4.63. The van der Waals surface area contributed by atoms with Gasteiger partial charge in [-0.05, 0) is 38.4 Å². The average molecular weight is 260 g/mol. The summed E-state index contributed by atoms with van der Waals surface area (Å²) in [5.41, 5.74) is 1.27. The number of piperazine rings is 1. The molecule has 0 bridgehead atoms. The molecule has 3 heterocycles. The molecule has 2 unspecified atom stereocenters. The van der Waals surface area contributed by atoms with Crippen LogP contribution in [0, 0.1) is 0 Å². The van der Waals surface area contributed by atoms with Gasteiger partial charge in [0.05, 0.1) is 0 Å². The number of anilines is 1. The number of hydrogen-bond acceptors (Lipinski definition) is 4. The molecular formula is C15H20N2O2. The van der Waals surface area contributed by atoms with Gasteiger partial charge in [0.15, 0.2) is 11.5 Å². The first-order valence-corrected chi connectivity index (χ1v) is 7.21. The van der Waals surface area contributed by atoms with Crippen LogP contribution in [0.1, 0.15) is 19.8 Å². The molecule has 3 aliphatic heterocycles. The first-order chi connectivity index (χ1) is 9.31. The lowest BCUT2D eigenvalue weighted by Crippen LogP contribution is -2.55. The minimum absolute atomic E-state index is 0.352. The summed E-state index contributed by atoms with van der Waals surface area (Å²) in [6.07, 6.45) is 2.69. The molecule has 19 heavy (non-hydrogen) atoms. The lowest BCUT2D eigenvalue weighted by molar-refractivity contribution is 0.174. The first kappa shape index (κ1) is 11.4. The summed E-state index contributed by atoms with van der Waals surface area (Å²) in [7, 11) is 0. The van der Waals surface area contributed by atoms with Gasteiger partial charge in [-0.1, -0.05) is 0 Å². The van der Waals surface area contributed by atoms with Crippen molar-refractivity contribution in [3.63, 3.8) is 0 Å². The van der Waals surface area contributed by atoms with Gasteiger partial charge in [0, 0.05) is 36.9 Å². The van der Waals surface area contributed by atoms with E-state index in [-0.39, 0.29) is 0 Å². The third-order valence-corrected chi connectivity index (χ3v) is 4.63. The monoisotopic (exact) mass is 260 g/mol. The van der Waals surface area contributed by atoms with Crippen LogP contribution in [0.15, 0.2) is 18.2 Å². The molecule has 0 radical (unpaired) electrons. The van der Waals surface area contributed by atoms with Gasteiger partial charge >= 0.3 is 0 Å². The minimum atomic E-state index is 0.352. The van der Waals surface area contributed by atoms with Gasteiger partial charge in [-0.15, -0.1) is 0 Å². The maximum atomic E-state index is 5.49. The molecular weight excluding hydrogens is 240 g/mol. The topological polar surface area (TPSA) is 24.9 Å². The Labute approximate surface area is 113 Å². The number of rotatable bonds is 1. The van der Waals surface area contributed by atoms with Crippen molar-refractivity contribution in [1.82, 2.24) is 4.90 Å². The van der Waals surface area contributed by atoms with E-state index in [1.165, 1.54) is 31.6 Å². The maximum absolute atomic E-state index is 5.49. The molecule has 0 amide bonds. The van der Waals surface area contributed by atoms with Crippen LogP contribution in [0.25, 0.3) is 0 Å². The third kappa shape index (κ3) is 1.86. The second-order valence-corrected chi connectivity index (χ2v) is 5.83. The smallest absolute Gasteiger partial charge is 0.231 e. The SMILES string of the molecule is CC1CN2CCCC2CN1c1ccc2c(c1)OCO2. The van der Waals surface area contributed by atoms with Gasteiger partial charge in [0.2, 0.25) is 6.79 Å². The lowest BCUT2D eigenvalue weighted by Gasteiger charge is -2.43. The van der Waals surface area contributed by atoms with Crippen molar-refractivity contribution >= 4 is 5.69 Å². The van der Waals surface area contributed by atoms with E-state index in [9.17, 15) is 0 Å². The fraction of sp³-hybridized carbons (Fsp3) is 0.600. The molecule has 4 nitrogen and oxygen atoms in total. The second-order valence-electron chi connectivity index (χ2n) is 5.83.